The molecular formula is C15H13Cl2NO. The Hall–Kier alpha value is -1.51. The lowest BCUT2D eigenvalue weighted by Gasteiger charge is -2.08. The summed E-state index contributed by atoms with van der Waals surface area (Å²) < 4.78 is 0. The lowest BCUT2D eigenvalue weighted by Crippen LogP contribution is -2.12. The van der Waals surface area contributed by atoms with Crippen molar-refractivity contribution in [3.05, 3.63) is 63.1 Å². The first-order valence-corrected chi connectivity index (χ1v) is 6.55. The summed E-state index contributed by atoms with van der Waals surface area (Å²) in [6.07, 6.45) is 0. The molecule has 1 N–H and O–H groups in total. The van der Waals surface area contributed by atoms with Crippen LogP contribution < -0.4 is 5.32 Å². The van der Waals surface area contributed by atoms with Gasteiger partial charge in [0.25, 0.3) is 5.91 Å². The van der Waals surface area contributed by atoms with E-state index >= 15 is 0 Å². The van der Waals surface area contributed by atoms with Gasteiger partial charge in [-0.1, -0.05) is 29.3 Å². The van der Waals surface area contributed by atoms with Crippen LogP contribution in [-0.2, 0) is 0 Å². The highest BCUT2D eigenvalue weighted by Crippen LogP contribution is 2.20. The molecule has 2 nitrogen and oxygen atoms in total. The molecular weight excluding hydrogens is 281 g/mol. The van der Waals surface area contributed by atoms with E-state index in [9.17, 15) is 4.79 Å². The van der Waals surface area contributed by atoms with E-state index < -0.39 is 0 Å². The van der Waals surface area contributed by atoms with E-state index in [1.165, 1.54) is 0 Å². The largest absolute Gasteiger partial charge is 0.322 e. The molecule has 0 unspecified atom stereocenters. The number of halogens is 2. The van der Waals surface area contributed by atoms with Crippen LogP contribution in [0.4, 0.5) is 5.69 Å². The quantitative estimate of drug-likeness (QED) is 0.841. The Morgan fingerprint density at radius 1 is 0.895 bits per heavy atom. The van der Waals surface area contributed by atoms with Gasteiger partial charge in [-0.25, -0.2) is 0 Å². The number of aryl methyl sites for hydroxylation is 2. The molecule has 1 amide bonds. The minimum atomic E-state index is -0.227. The van der Waals surface area contributed by atoms with Gasteiger partial charge in [-0.05, 0) is 55.3 Å². The van der Waals surface area contributed by atoms with Crippen LogP contribution in [0.25, 0.3) is 0 Å². The van der Waals surface area contributed by atoms with Crippen LogP contribution in [0, 0.1) is 13.8 Å². The fourth-order valence-corrected chi connectivity index (χ4v) is 2.46. The van der Waals surface area contributed by atoms with Crippen molar-refractivity contribution in [3.8, 4) is 0 Å². The fraction of sp³-hybridized carbons (Fsp3) is 0.133. The van der Waals surface area contributed by atoms with E-state index in [-0.39, 0.29) is 5.91 Å². The predicted molar refractivity (Wildman–Crippen MR) is 80.3 cm³/mol. The van der Waals surface area contributed by atoms with Gasteiger partial charge in [0.2, 0.25) is 0 Å². The second kappa shape index (κ2) is 5.64. The molecule has 0 heterocycles. The molecule has 4 heteroatoms. The third-order valence-electron chi connectivity index (χ3n) is 2.60. The number of carbonyl (C=O) groups excluding carboxylic acids is 1. The third-order valence-corrected chi connectivity index (χ3v) is 3.04. The molecule has 0 spiro atoms. The average Bonchev–Trinajstić information content (AvgIpc) is 2.25. The maximum Gasteiger partial charge on any atom is 0.255 e. The van der Waals surface area contributed by atoms with Crippen LogP contribution in [0.1, 0.15) is 21.5 Å². The molecule has 0 atom stereocenters. The zero-order valence-electron chi connectivity index (χ0n) is 10.6. The van der Waals surface area contributed by atoms with E-state index in [2.05, 4.69) is 5.32 Å². The molecule has 0 bridgehead atoms. The van der Waals surface area contributed by atoms with E-state index in [1.54, 1.807) is 18.2 Å². The number of hydrogen-bond acceptors (Lipinski definition) is 1. The maximum absolute atomic E-state index is 12.1. The lowest BCUT2D eigenvalue weighted by atomic mass is 10.1. The third kappa shape index (κ3) is 3.72. The first-order valence-electron chi connectivity index (χ1n) is 5.80. The van der Waals surface area contributed by atoms with Gasteiger partial charge < -0.3 is 5.32 Å². The van der Waals surface area contributed by atoms with Crippen molar-refractivity contribution in [1.29, 1.82) is 0 Å². The molecule has 19 heavy (non-hydrogen) atoms. The summed E-state index contributed by atoms with van der Waals surface area (Å²) in [5.41, 5.74) is 3.40. The summed E-state index contributed by atoms with van der Waals surface area (Å²) in [4.78, 5) is 12.1. The molecule has 0 aliphatic rings. The van der Waals surface area contributed by atoms with Gasteiger partial charge in [-0.3, -0.25) is 4.79 Å². The van der Waals surface area contributed by atoms with Crippen LogP contribution in [0.2, 0.25) is 10.0 Å². The summed E-state index contributed by atoms with van der Waals surface area (Å²) in [5, 5.41) is 3.72. The number of hydrogen-bond donors (Lipinski definition) is 1. The van der Waals surface area contributed by atoms with Crippen molar-refractivity contribution in [2.24, 2.45) is 0 Å². The number of rotatable bonds is 2. The number of anilines is 1. The average molecular weight is 294 g/mol. The minimum absolute atomic E-state index is 0.227. The highest BCUT2D eigenvalue weighted by atomic mass is 35.5. The van der Waals surface area contributed by atoms with Crippen molar-refractivity contribution in [2.45, 2.75) is 13.8 Å². The SMILES string of the molecule is Cc1cc(C)cc(NC(=O)c2cc(Cl)cc(Cl)c2)c1. The highest BCUT2D eigenvalue weighted by Gasteiger charge is 2.08. The standard InChI is InChI=1S/C15H13Cl2NO/c1-9-3-10(2)5-14(4-9)18-15(19)11-6-12(16)8-13(17)7-11/h3-8H,1-2H3,(H,18,19). The predicted octanol–water partition coefficient (Wildman–Crippen LogP) is 4.86. The first kappa shape index (κ1) is 13.9. The van der Waals surface area contributed by atoms with Gasteiger partial charge in [-0.2, -0.15) is 0 Å². The Balaban J connectivity index is 2.25. The van der Waals surface area contributed by atoms with Crippen LogP contribution in [0.15, 0.2) is 36.4 Å². The van der Waals surface area contributed by atoms with Crippen LogP contribution in [0.5, 0.6) is 0 Å². The van der Waals surface area contributed by atoms with Gasteiger partial charge in [0.15, 0.2) is 0 Å². The summed E-state index contributed by atoms with van der Waals surface area (Å²) in [6, 6.07) is 10.6. The summed E-state index contributed by atoms with van der Waals surface area (Å²) in [7, 11) is 0. The van der Waals surface area contributed by atoms with Crippen LogP contribution >= 0.6 is 23.2 Å². The van der Waals surface area contributed by atoms with E-state index in [0.29, 0.717) is 15.6 Å². The second-order valence-electron chi connectivity index (χ2n) is 4.49. The molecule has 0 radical (unpaired) electrons. The number of amides is 1. The molecule has 98 valence electrons. The van der Waals surface area contributed by atoms with Crippen LogP contribution in [-0.4, -0.2) is 5.91 Å². The highest BCUT2D eigenvalue weighted by molar-refractivity contribution is 6.35. The molecule has 2 aromatic carbocycles. The Morgan fingerprint density at radius 3 is 1.95 bits per heavy atom. The molecule has 0 aromatic heterocycles. The van der Waals surface area contributed by atoms with Crippen molar-refractivity contribution in [1.82, 2.24) is 0 Å². The Bertz CT molecular complexity index is 598. The van der Waals surface area contributed by atoms with Crippen molar-refractivity contribution in [3.63, 3.8) is 0 Å². The zero-order valence-corrected chi connectivity index (χ0v) is 12.1. The first-order chi connectivity index (χ1) is 8.94. The van der Waals surface area contributed by atoms with Crippen molar-refractivity contribution < 1.29 is 4.79 Å². The topological polar surface area (TPSA) is 29.1 Å². The summed E-state index contributed by atoms with van der Waals surface area (Å²) in [5.74, 6) is -0.227. The van der Waals surface area contributed by atoms with Gasteiger partial charge in [0, 0.05) is 21.3 Å². The zero-order chi connectivity index (χ0) is 14.0. The normalized spacial score (nSPS) is 10.3. The van der Waals surface area contributed by atoms with Crippen LogP contribution in [0.3, 0.4) is 0 Å². The number of nitrogens with one attached hydrogen (secondary N) is 1. The molecule has 0 fully saturated rings. The van der Waals surface area contributed by atoms with E-state index in [1.807, 2.05) is 32.0 Å². The number of benzene rings is 2. The van der Waals surface area contributed by atoms with Gasteiger partial charge in [0.1, 0.15) is 0 Å². The fourth-order valence-electron chi connectivity index (χ4n) is 1.94. The molecule has 0 saturated carbocycles. The van der Waals surface area contributed by atoms with E-state index in [4.69, 9.17) is 23.2 Å². The Morgan fingerprint density at radius 2 is 1.42 bits per heavy atom. The second-order valence-corrected chi connectivity index (χ2v) is 5.36. The molecule has 0 aliphatic carbocycles. The van der Waals surface area contributed by atoms with Crippen molar-refractivity contribution in [2.75, 3.05) is 5.32 Å². The molecule has 0 saturated heterocycles. The molecule has 0 aliphatic heterocycles. The smallest absolute Gasteiger partial charge is 0.255 e. The lowest BCUT2D eigenvalue weighted by molar-refractivity contribution is 0.102. The monoisotopic (exact) mass is 293 g/mol. The van der Waals surface area contributed by atoms with Gasteiger partial charge >= 0.3 is 0 Å². The molecule has 2 aromatic rings. The Kier molecular flexibility index (Phi) is 4.13. The van der Waals surface area contributed by atoms with Gasteiger partial charge in [0.05, 0.1) is 0 Å². The maximum atomic E-state index is 12.1. The minimum Gasteiger partial charge on any atom is -0.322 e. The Labute approximate surface area is 122 Å². The summed E-state index contributed by atoms with van der Waals surface area (Å²) >= 11 is 11.8. The van der Waals surface area contributed by atoms with E-state index in [0.717, 1.165) is 16.8 Å². The summed E-state index contributed by atoms with van der Waals surface area (Å²) in [6.45, 7) is 3.97. The number of carbonyl (C=O) groups is 1. The van der Waals surface area contributed by atoms with Crippen molar-refractivity contribution >= 4 is 34.8 Å². The molecule has 2 rings (SSSR count). The van der Waals surface area contributed by atoms with Gasteiger partial charge in [-0.15, -0.1) is 0 Å².